The van der Waals surface area contributed by atoms with Gasteiger partial charge in [0.15, 0.2) is 5.11 Å². The normalized spacial score (nSPS) is 10.2. The monoisotopic (exact) mass is 480 g/mol. The van der Waals surface area contributed by atoms with Crippen molar-refractivity contribution in [1.82, 2.24) is 16.2 Å². The summed E-state index contributed by atoms with van der Waals surface area (Å²) in [6.45, 7) is 3.67. The second kappa shape index (κ2) is 9.94. The minimum Gasteiger partial charge on any atom is -0.490 e. The SMILES string of the molecule is CC(C)Oc1ccc(Br)cc1C(=O)NC(=S)NNC(=O)c1ccc([N+](=O)[O-])cc1. The summed E-state index contributed by atoms with van der Waals surface area (Å²) in [5.74, 6) is -0.717. The second-order valence-electron chi connectivity index (χ2n) is 5.97. The molecule has 0 aliphatic heterocycles. The highest BCUT2D eigenvalue weighted by atomic mass is 79.9. The van der Waals surface area contributed by atoms with Crippen molar-refractivity contribution in [3.8, 4) is 5.75 Å². The number of amides is 2. The van der Waals surface area contributed by atoms with Crippen LogP contribution < -0.4 is 20.9 Å². The zero-order chi connectivity index (χ0) is 21.6. The van der Waals surface area contributed by atoms with Crippen LogP contribution in [0.4, 0.5) is 5.69 Å². The Morgan fingerprint density at radius 2 is 1.76 bits per heavy atom. The van der Waals surface area contributed by atoms with E-state index in [2.05, 4.69) is 32.1 Å². The van der Waals surface area contributed by atoms with Crippen LogP contribution in [0.5, 0.6) is 5.75 Å². The van der Waals surface area contributed by atoms with Crippen LogP contribution in [0.15, 0.2) is 46.9 Å². The van der Waals surface area contributed by atoms with E-state index >= 15 is 0 Å². The molecule has 9 nitrogen and oxygen atoms in total. The van der Waals surface area contributed by atoms with E-state index in [9.17, 15) is 19.7 Å². The quantitative estimate of drug-likeness (QED) is 0.341. The summed E-state index contributed by atoms with van der Waals surface area (Å²) < 4.78 is 6.31. The molecular weight excluding hydrogens is 464 g/mol. The third-order valence-corrected chi connectivity index (χ3v) is 4.10. The van der Waals surface area contributed by atoms with E-state index in [1.807, 2.05) is 13.8 Å². The van der Waals surface area contributed by atoms with Gasteiger partial charge < -0.3 is 4.74 Å². The molecule has 0 radical (unpaired) electrons. The zero-order valence-electron chi connectivity index (χ0n) is 15.4. The molecule has 29 heavy (non-hydrogen) atoms. The van der Waals surface area contributed by atoms with E-state index < -0.39 is 16.7 Å². The van der Waals surface area contributed by atoms with Crippen LogP contribution in [-0.4, -0.2) is 28.0 Å². The molecule has 0 unspecified atom stereocenters. The molecule has 0 saturated heterocycles. The van der Waals surface area contributed by atoms with E-state index in [1.54, 1.807) is 18.2 Å². The van der Waals surface area contributed by atoms with Gasteiger partial charge in [0.2, 0.25) is 0 Å². The van der Waals surface area contributed by atoms with Crippen molar-refractivity contribution in [2.24, 2.45) is 0 Å². The van der Waals surface area contributed by atoms with Crippen molar-refractivity contribution in [2.75, 3.05) is 0 Å². The molecule has 2 amide bonds. The molecule has 2 aromatic rings. The Morgan fingerprint density at radius 3 is 2.34 bits per heavy atom. The van der Waals surface area contributed by atoms with Crippen molar-refractivity contribution in [2.45, 2.75) is 20.0 Å². The van der Waals surface area contributed by atoms with Gasteiger partial charge >= 0.3 is 0 Å². The summed E-state index contributed by atoms with van der Waals surface area (Å²) in [5.41, 5.74) is 5.02. The van der Waals surface area contributed by atoms with Gasteiger partial charge in [-0.3, -0.25) is 35.9 Å². The number of thiocarbonyl (C=S) groups is 1. The summed E-state index contributed by atoms with van der Waals surface area (Å²) in [4.78, 5) is 34.7. The predicted molar refractivity (Wildman–Crippen MR) is 114 cm³/mol. The lowest BCUT2D eigenvalue weighted by Crippen LogP contribution is -2.48. The number of nitro groups is 1. The summed E-state index contributed by atoms with van der Waals surface area (Å²) in [6, 6.07) is 10.0. The number of nitrogens with zero attached hydrogens (tertiary/aromatic N) is 1. The fraction of sp³-hybridized carbons (Fsp3) is 0.167. The number of hydrazine groups is 1. The minimum atomic E-state index is -0.581. The first-order chi connectivity index (χ1) is 13.7. The Balaban J connectivity index is 1.97. The lowest BCUT2D eigenvalue weighted by molar-refractivity contribution is -0.384. The summed E-state index contributed by atoms with van der Waals surface area (Å²) in [7, 11) is 0. The van der Waals surface area contributed by atoms with Gasteiger partial charge in [0.1, 0.15) is 5.75 Å². The fourth-order valence-electron chi connectivity index (χ4n) is 2.16. The standard InChI is InChI=1S/C18H17BrN4O5S/c1-10(2)28-15-8-5-12(19)9-14(15)17(25)20-18(29)22-21-16(24)11-3-6-13(7-4-11)23(26)27/h3-10H,1-2H3,(H,21,24)(H2,20,22,25,29). The maximum atomic E-state index is 12.5. The number of benzene rings is 2. The van der Waals surface area contributed by atoms with Gasteiger partial charge in [-0.15, -0.1) is 0 Å². The van der Waals surface area contributed by atoms with Gasteiger partial charge in [0.25, 0.3) is 17.5 Å². The van der Waals surface area contributed by atoms with E-state index in [1.165, 1.54) is 24.3 Å². The molecule has 2 aromatic carbocycles. The summed E-state index contributed by atoms with van der Waals surface area (Å²) >= 11 is 8.32. The molecule has 0 aliphatic rings. The molecule has 0 atom stereocenters. The predicted octanol–water partition coefficient (Wildman–Crippen LogP) is 3.09. The van der Waals surface area contributed by atoms with E-state index in [0.717, 1.165) is 0 Å². The molecule has 3 N–H and O–H groups in total. The maximum Gasteiger partial charge on any atom is 0.269 e. The van der Waals surface area contributed by atoms with Gasteiger partial charge in [-0.25, -0.2) is 0 Å². The molecule has 0 fully saturated rings. The molecule has 0 bridgehead atoms. The Labute approximate surface area is 180 Å². The van der Waals surface area contributed by atoms with Crippen LogP contribution in [0.3, 0.4) is 0 Å². The summed E-state index contributed by atoms with van der Waals surface area (Å²) in [5, 5.41) is 13.0. The summed E-state index contributed by atoms with van der Waals surface area (Å²) in [6.07, 6.45) is -0.131. The van der Waals surface area contributed by atoms with E-state index in [-0.39, 0.29) is 28.0 Å². The second-order valence-corrected chi connectivity index (χ2v) is 7.30. The number of carbonyl (C=O) groups excluding carboxylic acids is 2. The third-order valence-electron chi connectivity index (χ3n) is 3.41. The van der Waals surface area contributed by atoms with Gasteiger partial charge in [-0.05, 0) is 56.4 Å². The van der Waals surface area contributed by atoms with Crippen molar-refractivity contribution < 1.29 is 19.2 Å². The van der Waals surface area contributed by atoms with Crippen molar-refractivity contribution in [3.05, 3.63) is 68.2 Å². The Bertz CT molecular complexity index is 950. The first-order valence-corrected chi connectivity index (χ1v) is 9.50. The number of halogens is 1. The van der Waals surface area contributed by atoms with Crippen molar-refractivity contribution in [1.29, 1.82) is 0 Å². The first kappa shape index (κ1) is 22.2. The average Bonchev–Trinajstić information content (AvgIpc) is 2.67. The zero-order valence-corrected chi connectivity index (χ0v) is 17.8. The van der Waals surface area contributed by atoms with E-state index in [4.69, 9.17) is 17.0 Å². The van der Waals surface area contributed by atoms with Gasteiger partial charge in [0.05, 0.1) is 16.6 Å². The maximum absolute atomic E-state index is 12.5. The molecule has 0 aromatic heterocycles. The van der Waals surface area contributed by atoms with Crippen molar-refractivity contribution >= 4 is 50.8 Å². The minimum absolute atomic E-state index is 0.131. The number of non-ortho nitro benzene ring substituents is 1. The van der Waals surface area contributed by atoms with Gasteiger partial charge in [-0.1, -0.05) is 15.9 Å². The highest BCUT2D eigenvalue weighted by molar-refractivity contribution is 9.10. The number of ether oxygens (including phenoxy) is 1. The number of carbonyl (C=O) groups is 2. The number of hydrogen-bond donors (Lipinski definition) is 3. The van der Waals surface area contributed by atoms with Crippen LogP contribution in [0.2, 0.25) is 0 Å². The van der Waals surface area contributed by atoms with Gasteiger partial charge in [-0.2, -0.15) is 0 Å². The van der Waals surface area contributed by atoms with Gasteiger partial charge in [0, 0.05) is 22.2 Å². The van der Waals surface area contributed by atoms with Crippen LogP contribution in [0.25, 0.3) is 0 Å². The Hall–Kier alpha value is -3.05. The molecule has 0 saturated carbocycles. The Morgan fingerprint density at radius 1 is 1.10 bits per heavy atom. The Kier molecular flexibility index (Phi) is 7.62. The smallest absolute Gasteiger partial charge is 0.269 e. The fourth-order valence-corrected chi connectivity index (χ4v) is 2.66. The van der Waals surface area contributed by atoms with Crippen molar-refractivity contribution in [3.63, 3.8) is 0 Å². The molecule has 11 heteroatoms. The number of nitro benzene ring substituents is 1. The molecule has 152 valence electrons. The first-order valence-electron chi connectivity index (χ1n) is 8.29. The van der Waals surface area contributed by atoms with Crippen LogP contribution in [-0.2, 0) is 0 Å². The number of nitrogens with one attached hydrogen (secondary N) is 3. The number of hydrogen-bond acceptors (Lipinski definition) is 6. The molecular formula is C18H17BrN4O5S. The lowest BCUT2D eigenvalue weighted by Gasteiger charge is -2.15. The molecule has 2 rings (SSSR count). The van der Waals surface area contributed by atoms with Crippen LogP contribution in [0, 0.1) is 10.1 Å². The third kappa shape index (κ3) is 6.50. The number of rotatable bonds is 5. The van der Waals surface area contributed by atoms with Crippen LogP contribution in [0.1, 0.15) is 34.6 Å². The van der Waals surface area contributed by atoms with E-state index in [0.29, 0.717) is 10.2 Å². The molecule has 0 spiro atoms. The largest absolute Gasteiger partial charge is 0.490 e. The topological polar surface area (TPSA) is 123 Å². The van der Waals surface area contributed by atoms with Crippen LogP contribution >= 0.6 is 28.1 Å². The molecule has 0 heterocycles. The lowest BCUT2D eigenvalue weighted by atomic mass is 10.2. The molecule has 0 aliphatic carbocycles. The highest BCUT2D eigenvalue weighted by Gasteiger charge is 2.16. The average molecular weight is 481 g/mol. The highest BCUT2D eigenvalue weighted by Crippen LogP contribution is 2.24.